The molecule has 0 saturated carbocycles. The van der Waals surface area contributed by atoms with E-state index in [1.165, 1.54) is 0 Å². The van der Waals surface area contributed by atoms with Crippen LogP contribution >= 0.6 is 0 Å². The van der Waals surface area contributed by atoms with Crippen LogP contribution in [0.15, 0.2) is 73.1 Å². The van der Waals surface area contributed by atoms with Crippen LogP contribution in [0.1, 0.15) is 10.4 Å². The largest absolute Gasteiger partial charge is 0.361 e. The second-order valence-corrected chi connectivity index (χ2v) is 8.58. The molecule has 4 heterocycles. The van der Waals surface area contributed by atoms with Crippen LogP contribution in [0, 0.1) is 0 Å². The van der Waals surface area contributed by atoms with Crippen molar-refractivity contribution in [2.75, 3.05) is 33.2 Å². The van der Waals surface area contributed by atoms with Crippen molar-refractivity contribution in [1.82, 2.24) is 29.4 Å². The predicted molar refractivity (Wildman–Crippen MR) is 129 cm³/mol. The van der Waals surface area contributed by atoms with Gasteiger partial charge in [0.15, 0.2) is 5.65 Å². The molecule has 3 aromatic heterocycles. The van der Waals surface area contributed by atoms with Gasteiger partial charge in [-0.25, -0.2) is 9.50 Å². The van der Waals surface area contributed by atoms with Crippen LogP contribution in [0.5, 0.6) is 0 Å². The molecular weight excluding hydrogens is 412 g/mol. The van der Waals surface area contributed by atoms with E-state index in [1.54, 1.807) is 0 Å². The van der Waals surface area contributed by atoms with E-state index in [-0.39, 0.29) is 5.91 Å². The number of imidazole rings is 1. The maximum Gasteiger partial charge on any atom is 0.253 e. The monoisotopic (exact) mass is 436 g/mol. The number of rotatable bonds is 3. The summed E-state index contributed by atoms with van der Waals surface area (Å²) in [7, 11) is 2.09. The van der Waals surface area contributed by atoms with E-state index in [2.05, 4.69) is 46.2 Å². The third-order valence-corrected chi connectivity index (χ3v) is 6.43. The highest BCUT2D eigenvalue weighted by atomic mass is 16.2. The fourth-order valence-corrected chi connectivity index (χ4v) is 4.41. The summed E-state index contributed by atoms with van der Waals surface area (Å²) in [6.45, 7) is 3.37. The van der Waals surface area contributed by atoms with Gasteiger partial charge in [0.2, 0.25) is 0 Å². The van der Waals surface area contributed by atoms with E-state index in [0.29, 0.717) is 5.56 Å². The van der Waals surface area contributed by atoms with Crippen LogP contribution < -0.4 is 0 Å². The number of hydrogen-bond acceptors (Lipinski definition) is 4. The van der Waals surface area contributed by atoms with Crippen molar-refractivity contribution in [3.05, 3.63) is 78.6 Å². The molecule has 1 aliphatic heterocycles. The number of amides is 1. The first-order valence-corrected chi connectivity index (χ1v) is 11.2. The normalized spacial score (nSPS) is 14.9. The lowest BCUT2D eigenvalue weighted by Gasteiger charge is -2.32. The Labute approximate surface area is 191 Å². The Hall–Kier alpha value is -3.97. The van der Waals surface area contributed by atoms with Gasteiger partial charge in [0.25, 0.3) is 5.91 Å². The number of aromatic nitrogens is 4. The minimum atomic E-state index is 0.0927. The maximum atomic E-state index is 12.8. The van der Waals surface area contributed by atoms with Crippen LogP contribution in [-0.4, -0.2) is 68.5 Å². The van der Waals surface area contributed by atoms with Crippen molar-refractivity contribution in [2.24, 2.45) is 0 Å². The number of nitrogens with zero attached hydrogens (tertiary/aromatic N) is 5. The van der Waals surface area contributed by atoms with Crippen LogP contribution in [0.25, 0.3) is 39.1 Å². The summed E-state index contributed by atoms with van der Waals surface area (Å²) in [5.41, 5.74) is 6.42. The molecule has 164 valence electrons. The van der Waals surface area contributed by atoms with Gasteiger partial charge in [0.1, 0.15) is 0 Å². The summed E-state index contributed by atoms with van der Waals surface area (Å²) in [5, 5.41) is 6.02. The molecule has 1 amide bonds. The summed E-state index contributed by atoms with van der Waals surface area (Å²) in [5.74, 6) is 0.0927. The minimum Gasteiger partial charge on any atom is -0.361 e. The molecule has 6 rings (SSSR count). The van der Waals surface area contributed by atoms with Crippen LogP contribution in [0.3, 0.4) is 0 Å². The van der Waals surface area contributed by atoms with E-state index < -0.39 is 0 Å². The topological polar surface area (TPSA) is 69.5 Å². The van der Waals surface area contributed by atoms with E-state index in [4.69, 9.17) is 5.10 Å². The maximum absolute atomic E-state index is 12.8. The Morgan fingerprint density at radius 2 is 1.70 bits per heavy atom. The molecule has 0 spiro atoms. The van der Waals surface area contributed by atoms with Gasteiger partial charge in [-0.15, -0.1) is 0 Å². The molecule has 0 radical (unpaired) electrons. The lowest BCUT2D eigenvalue weighted by Crippen LogP contribution is -2.47. The van der Waals surface area contributed by atoms with E-state index in [1.807, 2.05) is 58.2 Å². The van der Waals surface area contributed by atoms with Crippen molar-refractivity contribution in [3.8, 4) is 22.5 Å². The fourth-order valence-electron chi connectivity index (χ4n) is 4.41. The molecule has 33 heavy (non-hydrogen) atoms. The zero-order valence-corrected chi connectivity index (χ0v) is 18.4. The zero-order valence-electron chi connectivity index (χ0n) is 18.4. The molecule has 0 unspecified atom stereocenters. The molecule has 1 fully saturated rings. The summed E-state index contributed by atoms with van der Waals surface area (Å²) >= 11 is 0. The van der Waals surface area contributed by atoms with Gasteiger partial charge in [0.05, 0.1) is 17.6 Å². The molecule has 0 atom stereocenters. The van der Waals surface area contributed by atoms with E-state index in [9.17, 15) is 4.79 Å². The molecule has 5 aromatic rings. The van der Waals surface area contributed by atoms with Gasteiger partial charge in [-0.05, 0) is 49.5 Å². The Bertz CT molecular complexity index is 1460. The van der Waals surface area contributed by atoms with Crippen molar-refractivity contribution in [3.63, 3.8) is 0 Å². The average molecular weight is 437 g/mol. The summed E-state index contributed by atoms with van der Waals surface area (Å²) in [6.07, 6.45) is 3.80. The highest BCUT2D eigenvalue weighted by Crippen LogP contribution is 2.26. The number of nitrogens with one attached hydrogen (secondary N) is 1. The smallest absolute Gasteiger partial charge is 0.253 e. The van der Waals surface area contributed by atoms with E-state index >= 15 is 0 Å². The van der Waals surface area contributed by atoms with Crippen LogP contribution in [0.4, 0.5) is 0 Å². The van der Waals surface area contributed by atoms with Gasteiger partial charge < -0.3 is 14.8 Å². The highest BCUT2D eigenvalue weighted by Gasteiger charge is 2.20. The third kappa shape index (κ3) is 3.56. The SMILES string of the molecule is CN1CCN(C(=O)c2ccc(-c3ccc4ncc(-c5ccc6[nH]ccc6c5)n4n3)cc2)CC1. The number of likely N-dealkylation sites (N-methyl/N-ethyl adjacent to an activating group) is 1. The quantitative estimate of drug-likeness (QED) is 0.465. The third-order valence-electron chi connectivity index (χ3n) is 6.43. The first-order valence-electron chi connectivity index (χ1n) is 11.2. The van der Waals surface area contributed by atoms with Gasteiger partial charge in [-0.2, -0.15) is 5.10 Å². The second-order valence-electron chi connectivity index (χ2n) is 8.58. The first kappa shape index (κ1) is 19.7. The van der Waals surface area contributed by atoms with Crippen molar-refractivity contribution in [2.45, 2.75) is 0 Å². The van der Waals surface area contributed by atoms with E-state index in [0.717, 1.165) is 65.2 Å². The van der Waals surface area contributed by atoms with Crippen molar-refractivity contribution >= 4 is 22.5 Å². The number of fused-ring (bicyclic) bond motifs is 2. The van der Waals surface area contributed by atoms with Crippen molar-refractivity contribution < 1.29 is 4.79 Å². The number of carbonyl (C=O) groups is 1. The number of piperazine rings is 1. The van der Waals surface area contributed by atoms with Crippen LogP contribution in [-0.2, 0) is 0 Å². The molecule has 1 saturated heterocycles. The molecule has 7 heteroatoms. The number of hydrogen-bond donors (Lipinski definition) is 1. The minimum absolute atomic E-state index is 0.0927. The molecule has 7 nitrogen and oxygen atoms in total. The van der Waals surface area contributed by atoms with Crippen LogP contribution in [0.2, 0.25) is 0 Å². The lowest BCUT2D eigenvalue weighted by molar-refractivity contribution is 0.0664. The summed E-state index contributed by atoms with van der Waals surface area (Å²) in [4.78, 5) is 24.8. The molecular formula is C26H24N6O. The molecule has 2 aromatic carbocycles. The molecule has 1 N–H and O–H groups in total. The van der Waals surface area contributed by atoms with Gasteiger partial charge >= 0.3 is 0 Å². The molecule has 1 aliphatic rings. The second kappa shape index (κ2) is 7.86. The molecule has 0 aliphatic carbocycles. The highest BCUT2D eigenvalue weighted by molar-refractivity contribution is 5.94. The Balaban J connectivity index is 1.30. The fraction of sp³-hybridized carbons (Fsp3) is 0.192. The summed E-state index contributed by atoms with van der Waals surface area (Å²) < 4.78 is 1.88. The standard InChI is InChI=1S/C26H24N6O/c1-30-12-14-31(15-13-30)26(33)19-4-2-18(3-5-19)23-8-9-25-28-17-24(32(25)29-23)21-6-7-22-20(16-21)10-11-27-22/h2-11,16-17,27H,12-15H2,1H3. The first-order chi connectivity index (χ1) is 16.2. The van der Waals surface area contributed by atoms with Gasteiger partial charge in [0, 0.05) is 60.0 Å². The Morgan fingerprint density at radius 1 is 0.909 bits per heavy atom. The van der Waals surface area contributed by atoms with Gasteiger partial charge in [-0.1, -0.05) is 18.2 Å². The van der Waals surface area contributed by atoms with Crippen molar-refractivity contribution in [1.29, 1.82) is 0 Å². The number of H-pyrrole nitrogens is 1. The molecule has 0 bridgehead atoms. The Morgan fingerprint density at radius 3 is 2.52 bits per heavy atom. The number of benzene rings is 2. The predicted octanol–water partition coefficient (Wildman–Crippen LogP) is 3.93. The number of aromatic amines is 1. The zero-order chi connectivity index (χ0) is 22.4. The Kier molecular flexibility index (Phi) is 4.69. The number of carbonyl (C=O) groups excluding carboxylic acids is 1. The van der Waals surface area contributed by atoms with Gasteiger partial charge in [-0.3, -0.25) is 4.79 Å². The average Bonchev–Trinajstić information content (AvgIpc) is 3.50. The summed E-state index contributed by atoms with van der Waals surface area (Å²) in [6, 6.07) is 20.0. The lowest BCUT2D eigenvalue weighted by atomic mass is 10.1.